The van der Waals surface area contributed by atoms with Gasteiger partial charge in [-0.3, -0.25) is 0 Å². The van der Waals surface area contributed by atoms with E-state index in [4.69, 9.17) is 9.72 Å². The summed E-state index contributed by atoms with van der Waals surface area (Å²) in [6, 6.07) is 8.73. The average Bonchev–Trinajstić information content (AvgIpc) is 3.39. The highest BCUT2D eigenvalue weighted by Gasteiger charge is 2.23. The van der Waals surface area contributed by atoms with Crippen molar-refractivity contribution in [3.63, 3.8) is 0 Å². The minimum absolute atomic E-state index is 0.604. The number of fused-ring (bicyclic) bond motifs is 1. The maximum Gasteiger partial charge on any atom is 0.161 e. The molecule has 2 aromatic rings. The normalized spacial score (nSPS) is 17.4. The number of nitrogens with one attached hydrogen (secondary N) is 1. The molecule has 1 saturated carbocycles. The molecule has 2 heterocycles. The van der Waals surface area contributed by atoms with Crippen LogP contribution in [0.1, 0.15) is 35.6 Å². The Morgan fingerprint density at radius 2 is 1.95 bits per heavy atom. The molecule has 1 aromatic heterocycles. The fourth-order valence-electron chi connectivity index (χ4n) is 2.89. The maximum atomic E-state index is 5.51. The monoisotopic (exact) mass is 281 g/mol. The zero-order valence-electron chi connectivity index (χ0n) is 12.2. The Bertz CT molecular complexity index is 645. The molecule has 108 valence electrons. The zero-order valence-corrected chi connectivity index (χ0v) is 12.2. The van der Waals surface area contributed by atoms with Crippen molar-refractivity contribution in [2.45, 2.75) is 31.8 Å². The molecule has 1 aliphatic heterocycles. The predicted octanol–water partition coefficient (Wildman–Crippen LogP) is 3.14. The van der Waals surface area contributed by atoms with Gasteiger partial charge in [-0.05, 0) is 24.3 Å². The van der Waals surface area contributed by atoms with E-state index in [1.807, 2.05) is 7.05 Å². The molecule has 0 unspecified atom stereocenters. The average molecular weight is 281 g/mol. The Morgan fingerprint density at radius 3 is 2.67 bits per heavy atom. The van der Waals surface area contributed by atoms with Crippen LogP contribution in [0, 0.1) is 0 Å². The van der Waals surface area contributed by atoms with E-state index in [1.54, 1.807) is 0 Å². The zero-order chi connectivity index (χ0) is 14.2. The van der Waals surface area contributed by atoms with Gasteiger partial charge in [0.2, 0.25) is 0 Å². The SMILES string of the molecule is CNc1nc(-c2ccc(C3CC3)cc2)nc2c1COCC2. The van der Waals surface area contributed by atoms with E-state index in [-0.39, 0.29) is 0 Å². The first-order valence-electron chi connectivity index (χ1n) is 7.61. The third-order valence-corrected chi connectivity index (χ3v) is 4.28. The lowest BCUT2D eigenvalue weighted by molar-refractivity contribution is 0.109. The molecule has 0 radical (unpaired) electrons. The minimum Gasteiger partial charge on any atom is -0.376 e. The van der Waals surface area contributed by atoms with Gasteiger partial charge >= 0.3 is 0 Å². The van der Waals surface area contributed by atoms with Crippen molar-refractivity contribution in [1.82, 2.24) is 9.97 Å². The Kier molecular flexibility index (Phi) is 3.11. The maximum absolute atomic E-state index is 5.51. The summed E-state index contributed by atoms with van der Waals surface area (Å²) < 4.78 is 5.51. The van der Waals surface area contributed by atoms with Gasteiger partial charge in [0.05, 0.1) is 18.9 Å². The first-order valence-corrected chi connectivity index (χ1v) is 7.61. The molecule has 0 amide bonds. The van der Waals surface area contributed by atoms with Crippen molar-refractivity contribution in [3.05, 3.63) is 41.1 Å². The summed E-state index contributed by atoms with van der Waals surface area (Å²) in [6.45, 7) is 1.35. The molecule has 1 aromatic carbocycles. The largest absolute Gasteiger partial charge is 0.376 e. The van der Waals surface area contributed by atoms with Gasteiger partial charge in [0.15, 0.2) is 5.82 Å². The Labute approximate surface area is 124 Å². The third kappa shape index (κ3) is 2.40. The van der Waals surface area contributed by atoms with Gasteiger partial charge in [0.1, 0.15) is 5.82 Å². The number of benzene rings is 1. The second-order valence-corrected chi connectivity index (χ2v) is 5.77. The van der Waals surface area contributed by atoms with Gasteiger partial charge in [0.25, 0.3) is 0 Å². The lowest BCUT2D eigenvalue weighted by Gasteiger charge is -2.19. The molecule has 4 rings (SSSR count). The van der Waals surface area contributed by atoms with Gasteiger partial charge in [0, 0.05) is 24.6 Å². The second kappa shape index (κ2) is 5.11. The molecule has 1 aliphatic carbocycles. The number of rotatable bonds is 3. The summed E-state index contributed by atoms with van der Waals surface area (Å²) in [4.78, 5) is 9.41. The van der Waals surface area contributed by atoms with Crippen molar-refractivity contribution < 1.29 is 4.74 Å². The molecule has 0 bridgehead atoms. The van der Waals surface area contributed by atoms with E-state index >= 15 is 0 Å². The summed E-state index contributed by atoms with van der Waals surface area (Å²) in [5.74, 6) is 2.48. The molecular formula is C17H19N3O. The van der Waals surface area contributed by atoms with Crippen LogP contribution >= 0.6 is 0 Å². The smallest absolute Gasteiger partial charge is 0.161 e. The van der Waals surface area contributed by atoms with Gasteiger partial charge < -0.3 is 10.1 Å². The van der Waals surface area contributed by atoms with Crippen molar-refractivity contribution >= 4 is 5.82 Å². The molecule has 0 spiro atoms. The quantitative estimate of drug-likeness (QED) is 0.939. The first kappa shape index (κ1) is 12.8. The van der Waals surface area contributed by atoms with Crippen LogP contribution in [0.4, 0.5) is 5.82 Å². The molecule has 4 heteroatoms. The standard InChI is InChI=1S/C17H19N3O/c1-18-17-14-10-21-9-8-15(14)19-16(20-17)13-6-4-12(5-7-13)11-2-3-11/h4-7,11H,2-3,8-10H2,1H3,(H,18,19,20). The molecule has 2 aliphatic rings. The third-order valence-electron chi connectivity index (χ3n) is 4.28. The predicted molar refractivity (Wildman–Crippen MR) is 82.3 cm³/mol. The number of nitrogens with zero attached hydrogens (tertiary/aromatic N) is 2. The number of aromatic nitrogens is 2. The molecule has 0 atom stereocenters. The van der Waals surface area contributed by atoms with Crippen LogP contribution in [0.3, 0.4) is 0 Å². The lowest BCUT2D eigenvalue weighted by atomic mass is 10.1. The van der Waals surface area contributed by atoms with Crippen LogP contribution in [0.15, 0.2) is 24.3 Å². The molecule has 21 heavy (non-hydrogen) atoms. The van der Waals surface area contributed by atoms with Crippen LogP contribution in [0.25, 0.3) is 11.4 Å². The molecule has 1 N–H and O–H groups in total. The van der Waals surface area contributed by atoms with Gasteiger partial charge in [-0.2, -0.15) is 0 Å². The Balaban J connectivity index is 1.73. The summed E-state index contributed by atoms with van der Waals surface area (Å²) in [5, 5.41) is 3.17. The first-order chi connectivity index (χ1) is 10.3. The highest BCUT2D eigenvalue weighted by molar-refractivity contribution is 5.60. The van der Waals surface area contributed by atoms with Gasteiger partial charge in [-0.25, -0.2) is 9.97 Å². The Hall–Kier alpha value is -1.94. The number of hydrogen-bond donors (Lipinski definition) is 1. The Morgan fingerprint density at radius 1 is 1.14 bits per heavy atom. The topological polar surface area (TPSA) is 47.0 Å². The number of hydrogen-bond acceptors (Lipinski definition) is 4. The van der Waals surface area contributed by atoms with Gasteiger partial charge in [-0.15, -0.1) is 0 Å². The van der Waals surface area contributed by atoms with E-state index in [1.165, 1.54) is 18.4 Å². The van der Waals surface area contributed by atoms with Crippen molar-refractivity contribution in [2.75, 3.05) is 19.0 Å². The van der Waals surface area contributed by atoms with Crippen LogP contribution in [-0.2, 0) is 17.8 Å². The van der Waals surface area contributed by atoms with Crippen molar-refractivity contribution in [3.8, 4) is 11.4 Å². The van der Waals surface area contributed by atoms with Crippen molar-refractivity contribution in [2.24, 2.45) is 0 Å². The highest BCUT2D eigenvalue weighted by atomic mass is 16.5. The highest BCUT2D eigenvalue weighted by Crippen LogP contribution is 2.40. The van der Waals surface area contributed by atoms with E-state index in [0.717, 1.165) is 47.4 Å². The summed E-state index contributed by atoms with van der Waals surface area (Å²) in [5.41, 5.74) is 4.74. The van der Waals surface area contributed by atoms with Crippen LogP contribution in [-0.4, -0.2) is 23.6 Å². The van der Waals surface area contributed by atoms with E-state index < -0.39 is 0 Å². The minimum atomic E-state index is 0.604. The lowest BCUT2D eigenvalue weighted by Crippen LogP contribution is -2.16. The summed E-state index contributed by atoms with van der Waals surface area (Å²) >= 11 is 0. The van der Waals surface area contributed by atoms with Crippen LogP contribution in [0.5, 0.6) is 0 Å². The molecular weight excluding hydrogens is 262 g/mol. The summed E-state index contributed by atoms with van der Waals surface area (Å²) in [7, 11) is 1.90. The fraction of sp³-hybridized carbons (Fsp3) is 0.412. The van der Waals surface area contributed by atoms with E-state index in [0.29, 0.717) is 6.61 Å². The van der Waals surface area contributed by atoms with Gasteiger partial charge in [-0.1, -0.05) is 24.3 Å². The fourth-order valence-corrected chi connectivity index (χ4v) is 2.89. The second-order valence-electron chi connectivity index (χ2n) is 5.77. The van der Waals surface area contributed by atoms with E-state index in [2.05, 4.69) is 34.6 Å². The molecule has 4 nitrogen and oxygen atoms in total. The van der Waals surface area contributed by atoms with Crippen molar-refractivity contribution in [1.29, 1.82) is 0 Å². The van der Waals surface area contributed by atoms with Crippen LogP contribution in [0.2, 0.25) is 0 Å². The number of anilines is 1. The van der Waals surface area contributed by atoms with Crippen LogP contribution < -0.4 is 5.32 Å². The summed E-state index contributed by atoms with van der Waals surface area (Å²) in [6.07, 6.45) is 3.52. The number of ether oxygens (including phenoxy) is 1. The molecule has 1 fully saturated rings. The van der Waals surface area contributed by atoms with E-state index in [9.17, 15) is 0 Å². The molecule has 0 saturated heterocycles.